The van der Waals surface area contributed by atoms with Crippen LogP contribution in [0.1, 0.15) is 69.4 Å². The summed E-state index contributed by atoms with van der Waals surface area (Å²) in [4.78, 5) is 34.9. The number of unbranched alkanes of at least 4 members (excludes halogenated alkanes) is 3. The summed E-state index contributed by atoms with van der Waals surface area (Å²) in [5.74, 6) is -1.64. The Morgan fingerprint density at radius 1 is 0.938 bits per heavy atom. The SMILES string of the molecule is CCCCC(=O)CCCCC[C@H](N)C(=O)O.[N-]=[N+]=NCc1ccc(C[C@H](N)C(=O)O)cc1. The largest absolute Gasteiger partial charge is 0.480 e. The van der Waals surface area contributed by atoms with Crippen LogP contribution >= 0.6 is 0 Å². The standard InChI is InChI=1S/C12H23NO3.C10H12N4O2/c1-2-3-7-10(14)8-5-4-6-9-11(13)12(15)16;11-9(10(15)16)5-7-1-3-8(4-2-7)6-13-14-12/h11H,2-9,13H2,1H3,(H,15,16);1-4,9H,5-6,11H2,(H,15,16)/t11-;9-/m00/s1. The molecule has 0 spiro atoms. The molecule has 2 atom stereocenters. The van der Waals surface area contributed by atoms with Gasteiger partial charge in [-0.05, 0) is 42.3 Å². The second kappa shape index (κ2) is 17.7. The number of carbonyl (C=O) groups is 3. The van der Waals surface area contributed by atoms with Crippen LogP contribution in [0.15, 0.2) is 29.4 Å². The fourth-order valence-electron chi connectivity index (χ4n) is 2.72. The summed E-state index contributed by atoms with van der Waals surface area (Å²) in [5.41, 5.74) is 20.6. The Morgan fingerprint density at radius 3 is 2.03 bits per heavy atom. The van der Waals surface area contributed by atoms with Crippen molar-refractivity contribution in [1.82, 2.24) is 0 Å². The topological polar surface area (TPSA) is 192 Å². The molecule has 6 N–H and O–H groups in total. The van der Waals surface area contributed by atoms with E-state index < -0.39 is 24.0 Å². The molecule has 0 aliphatic carbocycles. The molecule has 0 fully saturated rings. The third kappa shape index (κ3) is 15.0. The zero-order valence-corrected chi connectivity index (χ0v) is 18.7. The number of rotatable bonds is 15. The molecule has 0 bridgehead atoms. The van der Waals surface area contributed by atoms with E-state index in [1.165, 1.54) is 0 Å². The Bertz CT molecular complexity index is 748. The van der Waals surface area contributed by atoms with Gasteiger partial charge in [0.2, 0.25) is 0 Å². The van der Waals surface area contributed by atoms with Gasteiger partial charge in [-0.25, -0.2) is 0 Å². The average molecular weight is 450 g/mol. The van der Waals surface area contributed by atoms with Crippen LogP contribution in [0.4, 0.5) is 0 Å². The van der Waals surface area contributed by atoms with Gasteiger partial charge in [-0.3, -0.25) is 14.4 Å². The van der Waals surface area contributed by atoms with Crippen LogP contribution in [0.5, 0.6) is 0 Å². The number of Topliss-reactive ketones (excluding diaryl/α,β-unsaturated/α-hetero) is 1. The number of carbonyl (C=O) groups excluding carboxylic acids is 1. The molecule has 0 unspecified atom stereocenters. The van der Waals surface area contributed by atoms with E-state index in [0.717, 1.165) is 43.2 Å². The van der Waals surface area contributed by atoms with E-state index in [-0.39, 0.29) is 6.42 Å². The summed E-state index contributed by atoms with van der Waals surface area (Å²) in [6, 6.07) is 5.51. The second-order valence-corrected chi connectivity index (χ2v) is 7.54. The molecule has 0 radical (unpaired) electrons. The molecule has 1 aromatic carbocycles. The Hall–Kier alpha value is -2.94. The average Bonchev–Trinajstić information content (AvgIpc) is 2.77. The van der Waals surface area contributed by atoms with Gasteiger partial charge in [0, 0.05) is 17.8 Å². The fraction of sp³-hybridized carbons (Fsp3) is 0.591. The number of ketones is 1. The van der Waals surface area contributed by atoms with Crippen molar-refractivity contribution in [1.29, 1.82) is 0 Å². The molecule has 10 nitrogen and oxygen atoms in total. The Balaban J connectivity index is 0.000000601. The molecule has 0 saturated heterocycles. The highest BCUT2D eigenvalue weighted by Crippen LogP contribution is 2.09. The maximum Gasteiger partial charge on any atom is 0.320 e. The fourth-order valence-corrected chi connectivity index (χ4v) is 2.72. The van der Waals surface area contributed by atoms with Crippen molar-refractivity contribution >= 4 is 17.7 Å². The normalized spacial score (nSPS) is 12.0. The number of nitrogens with two attached hydrogens (primary N) is 2. The van der Waals surface area contributed by atoms with E-state index in [4.69, 9.17) is 27.2 Å². The van der Waals surface area contributed by atoms with Gasteiger partial charge < -0.3 is 21.7 Å². The maximum atomic E-state index is 11.3. The first-order valence-electron chi connectivity index (χ1n) is 10.8. The first-order chi connectivity index (χ1) is 15.2. The molecule has 1 rings (SSSR count). The predicted octanol–water partition coefficient (Wildman–Crippen LogP) is 3.56. The number of aliphatic carboxylic acids is 2. The van der Waals surface area contributed by atoms with Crippen molar-refractivity contribution in [2.45, 2.75) is 83.3 Å². The molecule has 0 aliphatic heterocycles. The van der Waals surface area contributed by atoms with Gasteiger partial charge in [0.1, 0.15) is 17.9 Å². The number of hydrogen-bond donors (Lipinski definition) is 4. The molecule has 10 heteroatoms. The highest BCUT2D eigenvalue weighted by Gasteiger charge is 2.12. The molecule has 0 amide bonds. The van der Waals surface area contributed by atoms with Crippen LogP contribution in [0.3, 0.4) is 0 Å². The highest BCUT2D eigenvalue weighted by molar-refractivity contribution is 5.78. The molecule has 1 aromatic rings. The predicted molar refractivity (Wildman–Crippen MR) is 122 cm³/mol. The van der Waals surface area contributed by atoms with Gasteiger partial charge >= 0.3 is 11.9 Å². The summed E-state index contributed by atoms with van der Waals surface area (Å²) in [7, 11) is 0. The molecule has 0 aromatic heterocycles. The Kier molecular flexibility index (Phi) is 16.1. The molecular formula is C22H35N5O5. The van der Waals surface area contributed by atoms with Crippen LogP contribution < -0.4 is 11.5 Å². The van der Waals surface area contributed by atoms with Crippen molar-refractivity contribution in [3.63, 3.8) is 0 Å². The van der Waals surface area contributed by atoms with Crippen LogP contribution in [0.2, 0.25) is 0 Å². The van der Waals surface area contributed by atoms with Gasteiger partial charge in [-0.15, -0.1) is 0 Å². The van der Waals surface area contributed by atoms with Crippen molar-refractivity contribution in [2.75, 3.05) is 0 Å². The lowest BCUT2D eigenvalue weighted by atomic mass is 10.0. The number of nitrogens with zero attached hydrogens (tertiary/aromatic N) is 3. The number of carboxylic acids is 2. The smallest absolute Gasteiger partial charge is 0.320 e. The molecule has 0 heterocycles. The van der Waals surface area contributed by atoms with Gasteiger partial charge in [0.05, 0.1) is 6.54 Å². The highest BCUT2D eigenvalue weighted by atomic mass is 16.4. The lowest BCUT2D eigenvalue weighted by Crippen LogP contribution is -2.32. The molecular weight excluding hydrogens is 414 g/mol. The van der Waals surface area contributed by atoms with Gasteiger partial charge in [-0.2, -0.15) is 0 Å². The molecule has 32 heavy (non-hydrogen) atoms. The lowest BCUT2D eigenvalue weighted by molar-refractivity contribution is -0.139. The first-order valence-corrected chi connectivity index (χ1v) is 10.8. The van der Waals surface area contributed by atoms with E-state index in [0.29, 0.717) is 31.6 Å². The number of azide groups is 1. The van der Waals surface area contributed by atoms with Crippen molar-refractivity contribution in [2.24, 2.45) is 16.6 Å². The minimum atomic E-state index is -1.02. The van der Waals surface area contributed by atoms with E-state index in [9.17, 15) is 14.4 Å². The summed E-state index contributed by atoms with van der Waals surface area (Å²) >= 11 is 0. The molecule has 0 saturated carbocycles. The third-order valence-electron chi connectivity index (χ3n) is 4.71. The molecule has 0 aliphatic rings. The Labute approximate surface area is 188 Å². The van der Waals surface area contributed by atoms with E-state index in [1.54, 1.807) is 24.3 Å². The zero-order chi connectivity index (χ0) is 24.4. The van der Waals surface area contributed by atoms with Crippen LogP contribution in [0.25, 0.3) is 10.4 Å². The zero-order valence-electron chi connectivity index (χ0n) is 18.7. The van der Waals surface area contributed by atoms with E-state index >= 15 is 0 Å². The van der Waals surface area contributed by atoms with Crippen molar-refractivity contribution < 1.29 is 24.6 Å². The van der Waals surface area contributed by atoms with E-state index in [1.807, 2.05) is 0 Å². The van der Waals surface area contributed by atoms with Crippen LogP contribution in [0, 0.1) is 0 Å². The van der Waals surface area contributed by atoms with Crippen molar-refractivity contribution in [3.8, 4) is 0 Å². The number of hydrogen-bond acceptors (Lipinski definition) is 6. The van der Waals surface area contributed by atoms with Crippen LogP contribution in [-0.4, -0.2) is 40.0 Å². The summed E-state index contributed by atoms with van der Waals surface area (Å²) in [6.07, 6.45) is 6.66. The van der Waals surface area contributed by atoms with Gasteiger partial charge in [-0.1, -0.05) is 55.6 Å². The maximum absolute atomic E-state index is 11.3. The minimum absolute atomic E-state index is 0.289. The van der Waals surface area contributed by atoms with Crippen molar-refractivity contribution in [3.05, 3.63) is 45.8 Å². The summed E-state index contributed by atoms with van der Waals surface area (Å²) in [6.45, 7) is 2.36. The number of benzene rings is 1. The summed E-state index contributed by atoms with van der Waals surface area (Å²) < 4.78 is 0. The lowest BCUT2D eigenvalue weighted by Gasteiger charge is -2.06. The van der Waals surface area contributed by atoms with Crippen LogP contribution in [-0.2, 0) is 27.3 Å². The first kappa shape index (κ1) is 29.1. The summed E-state index contributed by atoms with van der Waals surface area (Å²) in [5, 5.41) is 20.6. The number of carboxylic acid groups (broad SMARTS) is 2. The van der Waals surface area contributed by atoms with E-state index in [2.05, 4.69) is 16.9 Å². The Morgan fingerprint density at radius 2 is 1.50 bits per heavy atom. The molecule has 178 valence electrons. The van der Waals surface area contributed by atoms with Gasteiger partial charge in [0.15, 0.2) is 0 Å². The third-order valence-corrected chi connectivity index (χ3v) is 4.71. The quantitative estimate of drug-likeness (QED) is 0.136. The minimum Gasteiger partial charge on any atom is -0.480 e. The van der Waals surface area contributed by atoms with Gasteiger partial charge in [0.25, 0.3) is 0 Å². The monoisotopic (exact) mass is 449 g/mol. The second-order valence-electron chi connectivity index (χ2n) is 7.54.